The maximum atomic E-state index is 12.5. The molecule has 0 aliphatic carbocycles. The molecule has 0 bridgehead atoms. The van der Waals surface area contributed by atoms with Crippen LogP contribution in [0.5, 0.6) is 5.88 Å². The Bertz CT molecular complexity index is 637. The zero-order valence-electron chi connectivity index (χ0n) is 13.3. The second kappa shape index (κ2) is 7.06. The van der Waals surface area contributed by atoms with Gasteiger partial charge in [0.1, 0.15) is 5.01 Å². The van der Waals surface area contributed by atoms with Crippen molar-refractivity contribution in [2.24, 2.45) is 0 Å². The van der Waals surface area contributed by atoms with Gasteiger partial charge in [-0.15, -0.1) is 11.3 Å². The summed E-state index contributed by atoms with van der Waals surface area (Å²) in [5.74, 6) is 0.547. The van der Waals surface area contributed by atoms with Crippen molar-refractivity contribution >= 4 is 17.2 Å². The van der Waals surface area contributed by atoms with Gasteiger partial charge in [-0.3, -0.25) is 9.69 Å². The molecular formula is C16H20N4O2S. The normalized spacial score (nSPS) is 17.0. The quantitative estimate of drug-likeness (QED) is 0.858. The minimum Gasteiger partial charge on any atom is -0.481 e. The molecule has 1 amide bonds. The van der Waals surface area contributed by atoms with Crippen LogP contribution in [-0.2, 0) is 0 Å². The molecular weight excluding hydrogens is 312 g/mol. The second-order valence-electron chi connectivity index (χ2n) is 5.46. The molecule has 0 spiro atoms. The van der Waals surface area contributed by atoms with Gasteiger partial charge >= 0.3 is 0 Å². The summed E-state index contributed by atoms with van der Waals surface area (Å²) in [4.78, 5) is 25.3. The van der Waals surface area contributed by atoms with Gasteiger partial charge in [0, 0.05) is 50.0 Å². The first kappa shape index (κ1) is 15.9. The van der Waals surface area contributed by atoms with Gasteiger partial charge in [0.15, 0.2) is 0 Å². The summed E-state index contributed by atoms with van der Waals surface area (Å²) >= 11 is 1.68. The fraction of sp³-hybridized carbons (Fsp3) is 0.438. The molecule has 1 atom stereocenters. The molecule has 7 heteroatoms. The molecule has 2 aromatic heterocycles. The Kier molecular flexibility index (Phi) is 4.88. The van der Waals surface area contributed by atoms with Crippen molar-refractivity contribution in [3.63, 3.8) is 0 Å². The first-order valence-corrected chi connectivity index (χ1v) is 8.50. The number of hydrogen-bond acceptors (Lipinski definition) is 6. The largest absolute Gasteiger partial charge is 0.481 e. The molecule has 0 aromatic carbocycles. The molecule has 3 rings (SSSR count). The van der Waals surface area contributed by atoms with Crippen molar-refractivity contribution in [3.05, 3.63) is 40.5 Å². The van der Waals surface area contributed by atoms with Gasteiger partial charge in [-0.05, 0) is 13.0 Å². The average Bonchev–Trinajstić information content (AvgIpc) is 3.15. The highest BCUT2D eigenvalue weighted by Crippen LogP contribution is 2.23. The summed E-state index contributed by atoms with van der Waals surface area (Å²) in [6.45, 7) is 5.33. The third-order valence-electron chi connectivity index (χ3n) is 4.15. The van der Waals surface area contributed by atoms with Gasteiger partial charge in [-0.2, -0.15) is 0 Å². The van der Waals surface area contributed by atoms with Crippen LogP contribution in [0.2, 0.25) is 0 Å². The number of amides is 1. The van der Waals surface area contributed by atoms with Crippen molar-refractivity contribution in [3.8, 4) is 5.88 Å². The molecule has 0 saturated carbocycles. The highest BCUT2D eigenvalue weighted by molar-refractivity contribution is 7.09. The fourth-order valence-corrected chi connectivity index (χ4v) is 3.45. The van der Waals surface area contributed by atoms with E-state index < -0.39 is 0 Å². The van der Waals surface area contributed by atoms with Crippen molar-refractivity contribution in [1.29, 1.82) is 0 Å². The van der Waals surface area contributed by atoms with E-state index in [9.17, 15) is 4.79 Å². The second-order valence-corrected chi connectivity index (χ2v) is 6.39. The van der Waals surface area contributed by atoms with E-state index in [1.54, 1.807) is 36.8 Å². The van der Waals surface area contributed by atoms with E-state index in [1.807, 2.05) is 16.5 Å². The topological polar surface area (TPSA) is 58.6 Å². The molecule has 3 heterocycles. The number of carbonyl (C=O) groups is 1. The number of hydrogen-bond donors (Lipinski definition) is 0. The summed E-state index contributed by atoms with van der Waals surface area (Å²) in [7, 11) is 1.56. The van der Waals surface area contributed by atoms with E-state index in [-0.39, 0.29) is 5.91 Å². The molecule has 1 saturated heterocycles. The van der Waals surface area contributed by atoms with E-state index in [2.05, 4.69) is 21.8 Å². The first-order chi connectivity index (χ1) is 11.2. The number of ether oxygens (including phenoxy) is 1. The number of nitrogens with zero attached hydrogens (tertiary/aromatic N) is 4. The minimum absolute atomic E-state index is 0.0294. The van der Waals surface area contributed by atoms with Gasteiger partial charge < -0.3 is 9.64 Å². The molecule has 0 radical (unpaired) electrons. The van der Waals surface area contributed by atoms with Crippen molar-refractivity contribution in [2.75, 3.05) is 33.3 Å². The predicted octanol–water partition coefficient (Wildman–Crippen LogP) is 2.07. The Morgan fingerprint density at radius 3 is 2.61 bits per heavy atom. The first-order valence-electron chi connectivity index (χ1n) is 7.62. The smallest absolute Gasteiger partial charge is 0.255 e. The average molecular weight is 332 g/mol. The SMILES string of the molecule is COc1ccc(C(=O)N2CCN(C(C)c3nccs3)CC2)cn1. The lowest BCUT2D eigenvalue weighted by Gasteiger charge is -2.37. The number of pyridine rings is 1. The van der Waals surface area contributed by atoms with Crippen LogP contribution in [-0.4, -0.2) is 59.0 Å². The van der Waals surface area contributed by atoms with Gasteiger partial charge in [0.25, 0.3) is 5.91 Å². The summed E-state index contributed by atoms with van der Waals surface area (Å²) in [6.07, 6.45) is 3.42. The molecule has 1 aliphatic rings. The van der Waals surface area contributed by atoms with E-state index in [4.69, 9.17) is 4.74 Å². The lowest BCUT2D eigenvalue weighted by Crippen LogP contribution is -2.49. The van der Waals surface area contributed by atoms with E-state index >= 15 is 0 Å². The van der Waals surface area contributed by atoms with Crippen LogP contribution in [0.4, 0.5) is 0 Å². The van der Waals surface area contributed by atoms with Gasteiger partial charge in [-0.25, -0.2) is 9.97 Å². The summed E-state index contributed by atoms with van der Waals surface area (Å²) in [5.41, 5.74) is 0.604. The summed E-state index contributed by atoms with van der Waals surface area (Å²) < 4.78 is 5.02. The van der Waals surface area contributed by atoms with E-state index in [0.29, 0.717) is 17.5 Å². The van der Waals surface area contributed by atoms with Gasteiger partial charge in [0.2, 0.25) is 5.88 Å². The number of thiazole rings is 1. The van der Waals surface area contributed by atoms with Crippen molar-refractivity contribution in [2.45, 2.75) is 13.0 Å². The van der Waals surface area contributed by atoms with Crippen LogP contribution >= 0.6 is 11.3 Å². The van der Waals surface area contributed by atoms with Crippen LogP contribution in [0, 0.1) is 0 Å². The third kappa shape index (κ3) is 3.51. The Morgan fingerprint density at radius 2 is 2.04 bits per heavy atom. The molecule has 2 aromatic rings. The number of carbonyl (C=O) groups excluding carboxylic acids is 1. The molecule has 1 fully saturated rings. The lowest BCUT2D eigenvalue weighted by molar-refractivity contribution is 0.0581. The molecule has 1 unspecified atom stereocenters. The summed E-state index contributed by atoms with van der Waals surface area (Å²) in [6, 6.07) is 3.78. The zero-order chi connectivity index (χ0) is 16.2. The fourth-order valence-electron chi connectivity index (χ4n) is 2.72. The highest BCUT2D eigenvalue weighted by atomic mass is 32.1. The Hall–Kier alpha value is -1.99. The van der Waals surface area contributed by atoms with Crippen LogP contribution in [0.15, 0.2) is 29.9 Å². The highest BCUT2D eigenvalue weighted by Gasteiger charge is 2.26. The number of methoxy groups -OCH3 is 1. The monoisotopic (exact) mass is 332 g/mol. The maximum Gasteiger partial charge on any atom is 0.255 e. The maximum absolute atomic E-state index is 12.5. The molecule has 122 valence electrons. The molecule has 6 nitrogen and oxygen atoms in total. The Balaban J connectivity index is 1.58. The molecule has 0 N–H and O–H groups in total. The predicted molar refractivity (Wildman–Crippen MR) is 88.8 cm³/mol. The van der Waals surface area contributed by atoms with Crippen molar-refractivity contribution < 1.29 is 9.53 Å². The molecule has 1 aliphatic heterocycles. The zero-order valence-corrected chi connectivity index (χ0v) is 14.1. The number of aromatic nitrogens is 2. The van der Waals surface area contributed by atoms with Gasteiger partial charge in [-0.1, -0.05) is 0 Å². The Morgan fingerprint density at radius 1 is 1.26 bits per heavy atom. The van der Waals surface area contributed by atoms with E-state index in [0.717, 1.165) is 31.2 Å². The summed E-state index contributed by atoms with van der Waals surface area (Å²) in [5, 5.41) is 3.13. The number of piperazine rings is 1. The third-order valence-corrected chi connectivity index (χ3v) is 5.10. The van der Waals surface area contributed by atoms with Gasteiger partial charge in [0.05, 0.1) is 18.7 Å². The van der Waals surface area contributed by atoms with Crippen LogP contribution in [0.1, 0.15) is 28.3 Å². The lowest BCUT2D eigenvalue weighted by atomic mass is 10.2. The Labute approximate surface area is 139 Å². The van der Waals surface area contributed by atoms with Crippen LogP contribution < -0.4 is 4.74 Å². The van der Waals surface area contributed by atoms with Crippen LogP contribution in [0.25, 0.3) is 0 Å². The number of rotatable bonds is 4. The molecule has 23 heavy (non-hydrogen) atoms. The van der Waals surface area contributed by atoms with Crippen molar-refractivity contribution in [1.82, 2.24) is 19.8 Å². The van der Waals surface area contributed by atoms with E-state index in [1.165, 1.54) is 0 Å². The standard InChI is InChI=1S/C16H20N4O2S/c1-12(15-17-5-10-23-15)19-6-8-20(9-7-19)16(21)13-3-4-14(22-2)18-11-13/h3-5,10-12H,6-9H2,1-2H3. The minimum atomic E-state index is 0.0294. The van der Waals surface area contributed by atoms with Crippen LogP contribution in [0.3, 0.4) is 0 Å².